The third kappa shape index (κ3) is 5.74. The summed E-state index contributed by atoms with van der Waals surface area (Å²) in [5.41, 5.74) is 0. The number of rotatable bonds is 7. The van der Waals surface area contributed by atoms with Gasteiger partial charge in [-0.1, -0.05) is 0 Å². The quantitative estimate of drug-likeness (QED) is 0.676. The molecular formula is C12H28N4O2S. The zero-order valence-electron chi connectivity index (χ0n) is 12.5. The third-order valence-corrected chi connectivity index (χ3v) is 5.02. The fraction of sp³-hybridized carbons (Fsp3) is 1.00. The first kappa shape index (κ1) is 16.8. The molecule has 0 bridgehead atoms. The molecule has 2 unspecified atom stereocenters. The second kappa shape index (κ2) is 7.54. The molecule has 19 heavy (non-hydrogen) atoms. The molecule has 0 aromatic rings. The first-order valence-corrected chi connectivity index (χ1v) is 8.36. The minimum Gasteiger partial charge on any atom is -0.319 e. The van der Waals surface area contributed by atoms with E-state index in [-0.39, 0.29) is 6.04 Å². The van der Waals surface area contributed by atoms with Gasteiger partial charge in [-0.05, 0) is 53.4 Å². The SMILES string of the molecule is CNCC1CCCN(S(=O)(=O)NC(C)CN(C)C)C1. The van der Waals surface area contributed by atoms with E-state index >= 15 is 0 Å². The molecule has 7 heteroatoms. The average molecular weight is 292 g/mol. The van der Waals surface area contributed by atoms with Crippen LogP contribution in [0, 0.1) is 5.92 Å². The van der Waals surface area contributed by atoms with Gasteiger partial charge >= 0.3 is 0 Å². The molecule has 1 aliphatic rings. The molecule has 114 valence electrons. The molecule has 0 radical (unpaired) electrons. The summed E-state index contributed by atoms with van der Waals surface area (Å²) in [7, 11) is 2.44. The first-order chi connectivity index (χ1) is 8.85. The van der Waals surface area contributed by atoms with Crippen molar-refractivity contribution >= 4 is 10.2 Å². The molecule has 6 nitrogen and oxygen atoms in total. The van der Waals surface area contributed by atoms with Crippen molar-refractivity contribution in [2.75, 3.05) is 47.3 Å². The molecule has 0 saturated carbocycles. The molecule has 1 rings (SSSR count). The molecule has 0 spiro atoms. The van der Waals surface area contributed by atoms with Crippen LogP contribution in [0.4, 0.5) is 0 Å². The van der Waals surface area contributed by atoms with Crippen LogP contribution in [-0.2, 0) is 10.2 Å². The molecule has 0 amide bonds. The highest BCUT2D eigenvalue weighted by atomic mass is 32.2. The van der Waals surface area contributed by atoms with Crippen molar-refractivity contribution < 1.29 is 8.42 Å². The van der Waals surface area contributed by atoms with Crippen molar-refractivity contribution in [1.82, 2.24) is 19.2 Å². The molecule has 1 saturated heterocycles. The molecule has 0 aromatic heterocycles. The van der Waals surface area contributed by atoms with E-state index in [1.54, 1.807) is 4.31 Å². The van der Waals surface area contributed by atoms with Crippen LogP contribution in [0.15, 0.2) is 0 Å². The Kier molecular flexibility index (Phi) is 6.68. The number of nitrogens with zero attached hydrogens (tertiary/aromatic N) is 2. The second-order valence-electron chi connectivity index (χ2n) is 5.71. The molecule has 1 fully saturated rings. The van der Waals surface area contributed by atoms with Crippen molar-refractivity contribution in [1.29, 1.82) is 0 Å². The Labute approximate surface area is 117 Å². The lowest BCUT2D eigenvalue weighted by atomic mass is 10.00. The van der Waals surface area contributed by atoms with E-state index in [9.17, 15) is 8.42 Å². The Morgan fingerprint density at radius 2 is 2.11 bits per heavy atom. The Balaban J connectivity index is 2.56. The average Bonchev–Trinajstić information content (AvgIpc) is 2.27. The predicted octanol–water partition coefficient (Wildman–Crippen LogP) is -0.298. The van der Waals surface area contributed by atoms with Crippen molar-refractivity contribution in [3.63, 3.8) is 0 Å². The second-order valence-corrected chi connectivity index (χ2v) is 7.41. The fourth-order valence-corrected chi connectivity index (χ4v) is 4.12. The highest BCUT2D eigenvalue weighted by Gasteiger charge is 2.29. The van der Waals surface area contributed by atoms with Gasteiger partial charge in [-0.3, -0.25) is 0 Å². The van der Waals surface area contributed by atoms with Crippen LogP contribution in [0.25, 0.3) is 0 Å². The molecule has 2 N–H and O–H groups in total. The molecule has 2 atom stereocenters. The monoisotopic (exact) mass is 292 g/mol. The van der Waals surface area contributed by atoms with Gasteiger partial charge in [-0.15, -0.1) is 0 Å². The largest absolute Gasteiger partial charge is 0.319 e. The highest BCUT2D eigenvalue weighted by Crippen LogP contribution is 2.18. The zero-order chi connectivity index (χ0) is 14.5. The van der Waals surface area contributed by atoms with Gasteiger partial charge in [0.05, 0.1) is 0 Å². The Hall–Kier alpha value is -0.210. The van der Waals surface area contributed by atoms with Gasteiger partial charge in [-0.25, -0.2) is 0 Å². The summed E-state index contributed by atoms with van der Waals surface area (Å²) in [5, 5.41) is 3.13. The summed E-state index contributed by atoms with van der Waals surface area (Å²) < 4.78 is 29.0. The number of likely N-dealkylation sites (N-methyl/N-ethyl adjacent to an activating group) is 1. The summed E-state index contributed by atoms with van der Waals surface area (Å²) in [5.74, 6) is 0.416. The summed E-state index contributed by atoms with van der Waals surface area (Å²) in [6, 6.07) is -0.0790. The molecule has 1 heterocycles. The maximum atomic E-state index is 12.3. The van der Waals surface area contributed by atoms with E-state index in [0.29, 0.717) is 25.6 Å². The van der Waals surface area contributed by atoms with Gasteiger partial charge in [0.1, 0.15) is 0 Å². The van der Waals surface area contributed by atoms with Crippen LogP contribution in [0.5, 0.6) is 0 Å². The van der Waals surface area contributed by atoms with Crippen LogP contribution in [0.2, 0.25) is 0 Å². The molecule has 1 aliphatic heterocycles. The van der Waals surface area contributed by atoms with E-state index in [0.717, 1.165) is 19.4 Å². The van der Waals surface area contributed by atoms with E-state index in [1.807, 2.05) is 33.0 Å². The van der Waals surface area contributed by atoms with E-state index in [1.165, 1.54) is 0 Å². The van der Waals surface area contributed by atoms with Crippen molar-refractivity contribution in [2.24, 2.45) is 5.92 Å². The van der Waals surface area contributed by atoms with Crippen LogP contribution in [-0.4, -0.2) is 71.0 Å². The van der Waals surface area contributed by atoms with Gasteiger partial charge in [0, 0.05) is 25.7 Å². The molecule has 0 aromatic carbocycles. The lowest BCUT2D eigenvalue weighted by Crippen LogP contribution is -2.51. The van der Waals surface area contributed by atoms with Crippen LogP contribution in [0.1, 0.15) is 19.8 Å². The number of nitrogens with one attached hydrogen (secondary N) is 2. The van der Waals surface area contributed by atoms with Crippen LogP contribution in [0.3, 0.4) is 0 Å². The third-order valence-electron chi connectivity index (χ3n) is 3.30. The normalized spacial score (nSPS) is 23.7. The Morgan fingerprint density at radius 1 is 1.42 bits per heavy atom. The van der Waals surface area contributed by atoms with Crippen LogP contribution < -0.4 is 10.0 Å². The smallest absolute Gasteiger partial charge is 0.279 e. The standard InChI is InChI=1S/C12H28N4O2S/c1-11(9-15(3)4)14-19(17,18)16-7-5-6-12(10-16)8-13-2/h11-14H,5-10H2,1-4H3. The molecular weight excluding hydrogens is 264 g/mol. The van der Waals surface area contributed by atoms with Gasteiger partial charge in [0.15, 0.2) is 0 Å². The van der Waals surface area contributed by atoms with E-state index in [4.69, 9.17) is 0 Å². The van der Waals surface area contributed by atoms with E-state index in [2.05, 4.69) is 10.0 Å². The Bertz CT molecular complexity index is 357. The van der Waals surface area contributed by atoms with Gasteiger partial charge in [-0.2, -0.15) is 17.4 Å². The minimum absolute atomic E-state index is 0.0790. The first-order valence-electron chi connectivity index (χ1n) is 6.92. The number of hydrogen-bond donors (Lipinski definition) is 2. The number of hydrogen-bond acceptors (Lipinski definition) is 4. The summed E-state index contributed by atoms with van der Waals surface area (Å²) in [6.07, 6.45) is 2.04. The molecule has 0 aliphatic carbocycles. The zero-order valence-corrected chi connectivity index (χ0v) is 13.3. The lowest BCUT2D eigenvalue weighted by molar-refractivity contribution is 0.258. The van der Waals surface area contributed by atoms with Gasteiger partial charge < -0.3 is 10.2 Å². The van der Waals surface area contributed by atoms with Crippen molar-refractivity contribution in [3.05, 3.63) is 0 Å². The van der Waals surface area contributed by atoms with Crippen LogP contribution >= 0.6 is 0 Å². The predicted molar refractivity (Wildman–Crippen MR) is 78.3 cm³/mol. The van der Waals surface area contributed by atoms with Crippen molar-refractivity contribution in [3.8, 4) is 0 Å². The lowest BCUT2D eigenvalue weighted by Gasteiger charge is -2.33. The summed E-state index contributed by atoms with van der Waals surface area (Å²) in [6.45, 7) is 4.72. The van der Waals surface area contributed by atoms with Crippen molar-refractivity contribution in [2.45, 2.75) is 25.8 Å². The summed E-state index contributed by atoms with van der Waals surface area (Å²) >= 11 is 0. The fourth-order valence-electron chi connectivity index (χ4n) is 2.61. The topological polar surface area (TPSA) is 64.7 Å². The minimum atomic E-state index is -3.35. The highest BCUT2D eigenvalue weighted by molar-refractivity contribution is 7.87. The van der Waals surface area contributed by atoms with Gasteiger partial charge in [0.25, 0.3) is 10.2 Å². The van der Waals surface area contributed by atoms with Gasteiger partial charge in [0.2, 0.25) is 0 Å². The summed E-state index contributed by atoms with van der Waals surface area (Å²) in [4.78, 5) is 1.98. The van der Waals surface area contributed by atoms with E-state index < -0.39 is 10.2 Å². The maximum absolute atomic E-state index is 12.3. The maximum Gasteiger partial charge on any atom is 0.279 e. The number of piperidine rings is 1. The Morgan fingerprint density at radius 3 is 2.68 bits per heavy atom.